The fourth-order valence-corrected chi connectivity index (χ4v) is 2.95. The molecule has 0 amide bonds. The average Bonchev–Trinajstić information content (AvgIpc) is 2.33. The standard InChI is InChI=1S/C10H13N3O3S/c11-5-8(14)6-13-7-12-9-3-1-2-4-10(9)17(13,15)16/h1-4,7-8,14H,5-6,11H2. The third-order valence-corrected chi connectivity index (χ3v) is 4.20. The van der Waals surface area contributed by atoms with Crippen LogP contribution in [0, 0.1) is 0 Å². The number of aliphatic hydroxyl groups excluding tert-OH is 1. The summed E-state index contributed by atoms with van der Waals surface area (Å²) in [6.07, 6.45) is 0.304. The normalized spacial score (nSPS) is 18.8. The van der Waals surface area contributed by atoms with Crippen LogP contribution >= 0.6 is 0 Å². The Hall–Kier alpha value is -1.44. The van der Waals surface area contributed by atoms with Gasteiger partial charge in [-0.05, 0) is 12.1 Å². The van der Waals surface area contributed by atoms with Crippen molar-refractivity contribution in [1.29, 1.82) is 0 Å². The lowest BCUT2D eigenvalue weighted by Gasteiger charge is -2.25. The van der Waals surface area contributed by atoms with Crippen molar-refractivity contribution in [2.45, 2.75) is 11.0 Å². The highest BCUT2D eigenvalue weighted by Gasteiger charge is 2.29. The molecule has 0 aromatic heterocycles. The van der Waals surface area contributed by atoms with E-state index in [1.54, 1.807) is 18.2 Å². The molecule has 2 rings (SSSR count). The summed E-state index contributed by atoms with van der Waals surface area (Å²) in [6, 6.07) is 6.47. The number of nitrogens with two attached hydrogens (primary N) is 1. The van der Waals surface area contributed by atoms with Crippen molar-refractivity contribution in [2.24, 2.45) is 10.7 Å². The molecule has 0 fully saturated rings. The zero-order valence-corrected chi connectivity index (χ0v) is 9.84. The van der Waals surface area contributed by atoms with Crippen molar-refractivity contribution in [3.05, 3.63) is 24.3 Å². The SMILES string of the molecule is NCC(O)CN1C=Nc2ccccc2S1(=O)=O. The van der Waals surface area contributed by atoms with E-state index in [4.69, 9.17) is 5.73 Å². The van der Waals surface area contributed by atoms with Gasteiger partial charge in [0.1, 0.15) is 11.2 Å². The van der Waals surface area contributed by atoms with Gasteiger partial charge in [0.05, 0.1) is 18.3 Å². The highest BCUT2D eigenvalue weighted by atomic mass is 32.2. The van der Waals surface area contributed by atoms with Gasteiger partial charge in [-0.15, -0.1) is 0 Å². The molecule has 1 atom stereocenters. The van der Waals surface area contributed by atoms with Crippen LogP contribution in [0.4, 0.5) is 5.69 Å². The van der Waals surface area contributed by atoms with Crippen molar-refractivity contribution < 1.29 is 13.5 Å². The van der Waals surface area contributed by atoms with E-state index in [9.17, 15) is 13.5 Å². The molecular formula is C10H13N3O3S. The Bertz CT molecular complexity index is 541. The smallest absolute Gasteiger partial charge is 0.267 e. The molecule has 1 heterocycles. The van der Waals surface area contributed by atoms with Crippen LogP contribution in [0.5, 0.6) is 0 Å². The van der Waals surface area contributed by atoms with E-state index in [0.29, 0.717) is 5.69 Å². The molecule has 1 unspecified atom stereocenters. The van der Waals surface area contributed by atoms with Crippen LogP contribution in [0.2, 0.25) is 0 Å². The minimum absolute atomic E-state index is 0.00149. The first-order valence-corrected chi connectivity index (χ1v) is 6.53. The summed E-state index contributed by atoms with van der Waals surface area (Å²) >= 11 is 0. The highest BCUT2D eigenvalue weighted by Crippen LogP contribution is 2.29. The van der Waals surface area contributed by atoms with E-state index in [0.717, 1.165) is 4.31 Å². The molecule has 92 valence electrons. The third kappa shape index (κ3) is 2.17. The number of para-hydroxylation sites is 1. The summed E-state index contributed by atoms with van der Waals surface area (Å²) in [7, 11) is -3.62. The maximum absolute atomic E-state index is 12.1. The number of benzene rings is 1. The first kappa shape index (κ1) is 12.0. The Kier molecular flexibility index (Phi) is 3.14. The van der Waals surface area contributed by atoms with Crippen LogP contribution in [0.15, 0.2) is 34.2 Å². The second-order valence-electron chi connectivity index (χ2n) is 3.68. The van der Waals surface area contributed by atoms with Crippen LogP contribution in [0.3, 0.4) is 0 Å². The summed E-state index contributed by atoms with van der Waals surface area (Å²) in [5, 5.41) is 9.40. The number of hydrogen-bond acceptors (Lipinski definition) is 5. The third-order valence-electron chi connectivity index (χ3n) is 2.44. The second kappa shape index (κ2) is 4.44. The van der Waals surface area contributed by atoms with Crippen LogP contribution in [-0.2, 0) is 10.0 Å². The maximum Gasteiger partial charge on any atom is 0.267 e. The van der Waals surface area contributed by atoms with E-state index in [2.05, 4.69) is 4.99 Å². The van der Waals surface area contributed by atoms with Crippen LogP contribution in [0.25, 0.3) is 0 Å². The van der Waals surface area contributed by atoms with Crippen LogP contribution in [-0.4, -0.2) is 43.4 Å². The van der Waals surface area contributed by atoms with Crippen LogP contribution in [0.1, 0.15) is 0 Å². The lowest BCUT2D eigenvalue weighted by atomic mass is 10.3. The predicted octanol–water partition coefficient (Wildman–Crippen LogP) is -0.330. The van der Waals surface area contributed by atoms with Crippen molar-refractivity contribution in [2.75, 3.05) is 13.1 Å². The van der Waals surface area contributed by atoms with Gasteiger partial charge in [-0.1, -0.05) is 12.1 Å². The van der Waals surface area contributed by atoms with Crippen molar-refractivity contribution >= 4 is 22.0 Å². The summed E-state index contributed by atoms with van der Waals surface area (Å²) in [5.41, 5.74) is 5.66. The Morgan fingerprint density at radius 3 is 2.82 bits per heavy atom. The summed E-state index contributed by atoms with van der Waals surface area (Å²) in [6.45, 7) is -0.0851. The van der Waals surface area contributed by atoms with Gasteiger partial charge in [0.15, 0.2) is 0 Å². The van der Waals surface area contributed by atoms with Gasteiger partial charge in [0.2, 0.25) is 0 Å². The predicted molar refractivity (Wildman–Crippen MR) is 63.5 cm³/mol. The minimum Gasteiger partial charge on any atom is -0.390 e. The molecule has 0 saturated carbocycles. The largest absolute Gasteiger partial charge is 0.390 e. The number of fused-ring (bicyclic) bond motifs is 1. The van der Waals surface area contributed by atoms with Gasteiger partial charge in [0.25, 0.3) is 10.0 Å². The highest BCUT2D eigenvalue weighted by molar-refractivity contribution is 7.89. The molecule has 0 spiro atoms. The van der Waals surface area contributed by atoms with E-state index in [-0.39, 0.29) is 18.0 Å². The van der Waals surface area contributed by atoms with Gasteiger partial charge in [0, 0.05) is 6.54 Å². The average molecular weight is 255 g/mol. The summed E-state index contributed by atoms with van der Waals surface area (Å²) < 4.78 is 25.3. The Morgan fingerprint density at radius 2 is 2.12 bits per heavy atom. The Morgan fingerprint density at radius 1 is 1.41 bits per heavy atom. The molecule has 6 nitrogen and oxygen atoms in total. The monoisotopic (exact) mass is 255 g/mol. The molecule has 7 heteroatoms. The second-order valence-corrected chi connectivity index (χ2v) is 5.54. The first-order valence-electron chi connectivity index (χ1n) is 5.09. The van der Waals surface area contributed by atoms with Gasteiger partial charge < -0.3 is 10.8 Å². The summed E-state index contributed by atoms with van der Waals surface area (Å²) in [5.74, 6) is 0. The first-order chi connectivity index (χ1) is 8.05. The fourth-order valence-electron chi connectivity index (χ4n) is 1.52. The molecule has 0 aliphatic carbocycles. The minimum atomic E-state index is -3.62. The number of nitrogens with zero attached hydrogens (tertiary/aromatic N) is 2. The van der Waals surface area contributed by atoms with Gasteiger partial charge in [-0.2, -0.15) is 0 Å². The van der Waals surface area contributed by atoms with E-state index >= 15 is 0 Å². The molecular weight excluding hydrogens is 242 g/mol. The maximum atomic E-state index is 12.1. The number of aliphatic imine (C=N–C) groups is 1. The molecule has 1 aliphatic heterocycles. The summed E-state index contributed by atoms with van der Waals surface area (Å²) in [4.78, 5) is 4.17. The zero-order chi connectivity index (χ0) is 12.5. The van der Waals surface area contributed by atoms with Crippen LogP contribution < -0.4 is 5.73 Å². The van der Waals surface area contributed by atoms with E-state index < -0.39 is 16.1 Å². The molecule has 0 bridgehead atoms. The topological polar surface area (TPSA) is 96.0 Å². The van der Waals surface area contributed by atoms with E-state index in [1.165, 1.54) is 12.4 Å². The zero-order valence-electron chi connectivity index (χ0n) is 9.02. The molecule has 0 radical (unpaired) electrons. The quantitative estimate of drug-likeness (QED) is 0.773. The lowest BCUT2D eigenvalue weighted by Crippen LogP contribution is -2.40. The Balaban J connectivity index is 2.38. The van der Waals surface area contributed by atoms with Gasteiger partial charge in [-0.3, -0.25) is 4.31 Å². The lowest BCUT2D eigenvalue weighted by molar-refractivity contribution is 0.170. The number of aliphatic hydroxyl groups is 1. The van der Waals surface area contributed by atoms with Crippen molar-refractivity contribution in [1.82, 2.24) is 4.31 Å². The number of hydrogen-bond donors (Lipinski definition) is 2. The fraction of sp³-hybridized carbons (Fsp3) is 0.300. The number of β-amino-alcohol motifs (C(OH)–C–C–N with tert-alkyl or cyclic N) is 1. The molecule has 0 saturated heterocycles. The van der Waals surface area contributed by atoms with E-state index in [1.807, 2.05) is 0 Å². The van der Waals surface area contributed by atoms with Gasteiger partial charge in [-0.25, -0.2) is 13.4 Å². The number of rotatable bonds is 3. The van der Waals surface area contributed by atoms with Gasteiger partial charge >= 0.3 is 0 Å². The Labute approximate surface area is 99.4 Å². The van der Waals surface area contributed by atoms with Crippen molar-refractivity contribution in [3.63, 3.8) is 0 Å². The molecule has 1 aromatic carbocycles. The molecule has 1 aliphatic rings. The van der Waals surface area contributed by atoms with Crippen molar-refractivity contribution in [3.8, 4) is 0 Å². The molecule has 17 heavy (non-hydrogen) atoms. The molecule has 3 N–H and O–H groups in total. The molecule has 1 aromatic rings. The number of sulfonamides is 1.